The first-order chi connectivity index (χ1) is 10.1. The van der Waals surface area contributed by atoms with Gasteiger partial charge in [0.2, 0.25) is 0 Å². The average molecular weight is 293 g/mol. The number of ether oxygens (including phenoxy) is 2. The molecule has 0 unspecified atom stereocenters. The number of methoxy groups -OCH3 is 1. The molecule has 1 amide bonds. The van der Waals surface area contributed by atoms with Crippen molar-refractivity contribution in [2.45, 2.75) is 31.6 Å². The van der Waals surface area contributed by atoms with Crippen LogP contribution in [0.5, 0.6) is 0 Å². The van der Waals surface area contributed by atoms with E-state index in [0.29, 0.717) is 6.42 Å². The smallest absolute Gasteiger partial charge is 0.410 e. The topological polar surface area (TPSA) is 76.1 Å². The van der Waals surface area contributed by atoms with E-state index in [1.807, 2.05) is 30.3 Å². The molecule has 1 aromatic rings. The molecular formula is C15H19NO5. The van der Waals surface area contributed by atoms with E-state index in [1.54, 1.807) is 0 Å². The van der Waals surface area contributed by atoms with Crippen molar-refractivity contribution < 1.29 is 24.2 Å². The van der Waals surface area contributed by atoms with Crippen LogP contribution in [0.25, 0.3) is 0 Å². The van der Waals surface area contributed by atoms with Crippen LogP contribution in [-0.2, 0) is 20.9 Å². The summed E-state index contributed by atoms with van der Waals surface area (Å²) in [6, 6.07) is 8.51. The van der Waals surface area contributed by atoms with Gasteiger partial charge in [-0.05, 0) is 12.0 Å². The second-order valence-electron chi connectivity index (χ2n) is 4.95. The van der Waals surface area contributed by atoms with Gasteiger partial charge in [0.25, 0.3) is 0 Å². The molecule has 2 rings (SSSR count). The fraction of sp³-hybridized carbons (Fsp3) is 0.467. The summed E-state index contributed by atoms with van der Waals surface area (Å²) in [6.45, 7) is 0.418. The Morgan fingerprint density at radius 2 is 2.05 bits per heavy atom. The van der Waals surface area contributed by atoms with Crippen LogP contribution >= 0.6 is 0 Å². The highest BCUT2D eigenvalue weighted by molar-refractivity contribution is 5.81. The molecule has 0 spiro atoms. The molecule has 1 saturated heterocycles. The van der Waals surface area contributed by atoms with Crippen molar-refractivity contribution in [2.24, 2.45) is 0 Å². The van der Waals surface area contributed by atoms with Gasteiger partial charge in [-0.3, -0.25) is 4.90 Å². The fourth-order valence-electron chi connectivity index (χ4n) is 2.33. The van der Waals surface area contributed by atoms with Crippen molar-refractivity contribution in [1.29, 1.82) is 0 Å². The van der Waals surface area contributed by atoms with Gasteiger partial charge in [0.05, 0.1) is 13.2 Å². The van der Waals surface area contributed by atoms with E-state index in [1.165, 1.54) is 12.0 Å². The van der Waals surface area contributed by atoms with E-state index in [9.17, 15) is 14.7 Å². The average Bonchev–Trinajstić information content (AvgIpc) is 2.52. The highest BCUT2D eigenvalue weighted by atomic mass is 16.6. The zero-order chi connectivity index (χ0) is 15.2. The molecule has 1 heterocycles. The van der Waals surface area contributed by atoms with Crippen molar-refractivity contribution in [3.63, 3.8) is 0 Å². The molecule has 1 aliphatic heterocycles. The molecule has 1 aliphatic rings. The van der Waals surface area contributed by atoms with Gasteiger partial charge >= 0.3 is 12.1 Å². The molecule has 6 heteroatoms. The van der Waals surface area contributed by atoms with E-state index in [4.69, 9.17) is 4.74 Å². The predicted octanol–water partition coefficient (Wildman–Crippen LogP) is 1.32. The van der Waals surface area contributed by atoms with Crippen molar-refractivity contribution in [2.75, 3.05) is 13.7 Å². The Labute approximate surface area is 123 Å². The zero-order valence-electron chi connectivity index (χ0n) is 11.9. The Balaban J connectivity index is 1.97. The normalized spacial score (nSPS) is 21.7. The SMILES string of the molecule is COC(=O)[C@@H]1C[C@H](O)CCN1C(=O)OCc1ccccc1. The first-order valence-corrected chi connectivity index (χ1v) is 6.85. The number of aliphatic hydroxyl groups is 1. The number of likely N-dealkylation sites (tertiary alicyclic amines) is 1. The number of amides is 1. The van der Waals surface area contributed by atoms with Crippen LogP contribution < -0.4 is 0 Å². The minimum Gasteiger partial charge on any atom is -0.467 e. The summed E-state index contributed by atoms with van der Waals surface area (Å²) < 4.78 is 9.91. The maximum Gasteiger partial charge on any atom is 0.410 e. The van der Waals surface area contributed by atoms with Gasteiger partial charge in [-0.1, -0.05) is 30.3 Å². The molecule has 0 bridgehead atoms. The highest BCUT2D eigenvalue weighted by Gasteiger charge is 2.37. The quantitative estimate of drug-likeness (QED) is 0.851. The fourth-order valence-corrected chi connectivity index (χ4v) is 2.33. The first-order valence-electron chi connectivity index (χ1n) is 6.85. The van der Waals surface area contributed by atoms with Gasteiger partial charge in [0.1, 0.15) is 12.6 Å². The largest absolute Gasteiger partial charge is 0.467 e. The Morgan fingerprint density at radius 1 is 1.33 bits per heavy atom. The van der Waals surface area contributed by atoms with Gasteiger partial charge in [0, 0.05) is 13.0 Å². The van der Waals surface area contributed by atoms with Crippen LogP contribution in [-0.4, -0.2) is 47.9 Å². The Morgan fingerprint density at radius 3 is 2.71 bits per heavy atom. The van der Waals surface area contributed by atoms with Crippen molar-refractivity contribution in [3.8, 4) is 0 Å². The lowest BCUT2D eigenvalue weighted by Gasteiger charge is -2.35. The summed E-state index contributed by atoms with van der Waals surface area (Å²) in [6.07, 6.45) is -0.574. The van der Waals surface area contributed by atoms with Gasteiger partial charge in [-0.2, -0.15) is 0 Å². The standard InChI is InChI=1S/C15H19NO5/c1-20-14(18)13-9-12(17)7-8-16(13)15(19)21-10-11-5-3-2-4-6-11/h2-6,12-13,17H,7-10H2,1H3/t12-,13+/m1/s1. The van der Waals surface area contributed by atoms with Gasteiger partial charge in [0.15, 0.2) is 0 Å². The number of carbonyl (C=O) groups excluding carboxylic acids is 2. The molecule has 1 N–H and O–H groups in total. The predicted molar refractivity (Wildman–Crippen MR) is 74.4 cm³/mol. The lowest BCUT2D eigenvalue weighted by Crippen LogP contribution is -2.51. The summed E-state index contributed by atoms with van der Waals surface area (Å²) in [5.74, 6) is -0.537. The summed E-state index contributed by atoms with van der Waals surface area (Å²) >= 11 is 0. The Kier molecular flexibility index (Phi) is 5.16. The second kappa shape index (κ2) is 7.08. The van der Waals surface area contributed by atoms with Gasteiger partial charge < -0.3 is 14.6 Å². The number of hydrogen-bond donors (Lipinski definition) is 1. The summed E-state index contributed by atoms with van der Waals surface area (Å²) in [5.41, 5.74) is 0.873. The molecule has 0 radical (unpaired) electrons. The second-order valence-corrected chi connectivity index (χ2v) is 4.95. The molecule has 0 aliphatic carbocycles. The van der Waals surface area contributed by atoms with Gasteiger partial charge in [-0.25, -0.2) is 9.59 Å². The first kappa shape index (κ1) is 15.3. The molecule has 6 nitrogen and oxygen atoms in total. The van der Waals surface area contributed by atoms with Crippen LogP contribution in [0.1, 0.15) is 18.4 Å². The van der Waals surface area contributed by atoms with E-state index in [2.05, 4.69) is 4.74 Å². The Bertz CT molecular complexity index is 490. The van der Waals surface area contributed by atoms with Crippen LogP contribution in [0.15, 0.2) is 30.3 Å². The molecular weight excluding hydrogens is 274 g/mol. The molecule has 114 valence electrons. The maximum atomic E-state index is 12.1. The molecule has 0 saturated carbocycles. The number of nitrogens with zero attached hydrogens (tertiary/aromatic N) is 1. The van der Waals surface area contributed by atoms with Crippen molar-refractivity contribution in [1.82, 2.24) is 4.90 Å². The molecule has 21 heavy (non-hydrogen) atoms. The van der Waals surface area contributed by atoms with Crippen LogP contribution in [0.4, 0.5) is 4.79 Å². The van der Waals surface area contributed by atoms with Crippen molar-refractivity contribution in [3.05, 3.63) is 35.9 Å². The summed E-state index contributed by atoms with van der Waals surface area (Å²) in [4.78, 5) is 25.2. The maximum absolute atomic E-state index is 12.1. The number of aliphatic hydroxyl groups excluding tert-OH is 1. The van der Waals surface area contributed by atoms with E-state index in [0.717, 1.165) is 5.56 Å². The van der Waals surface area contributed by atoms with Gasteiger partial charge in [-0.15, -0.1) is 0 Å². The van der Waals surface area contributed by atoms with E-state index >= 15 is 0 Å². The Hall–Kier alpha value is -2.08. The number of piperidine rings is 1. The third kappa shape index (κ3) is 3.95. The zero-order valence-corrected chi connectivity index (χ0v) is 11.9. The molecule has 1 fully saturated rings. The third-order valence-corrected chi connectivity index (χ3v) is 3.49. The minimum absolute atomic E-state index is 0.145. The molecule has 0 aromatic heterocycles. The highest BCUT2D eigenvalue weighted by Crippen LogP contribution is 2.20. The number of benzene rings is 1. The lowest BCUT2D eigenvalue weighted by molar-refractivity contribution is -0.149. The number of carbonyl (C=O) groups is 2. The summed E-state index contributed by atoms with van der Waals surface area (Å²) in [5, 5.41) is 9.64. The third-order valence-electron chi connectivity index (χ3n) is 3.49. The lowest BCUT2D eigenvalue weighted by atomic mass is 10.00. The van der Waals surface area contributed by atoms with Crippen LogP contribution in [0.3, 0.4) is 0 Å². The minimum atomic E-state index is -0.790. The van der Waals surface area contributed by atoms with Crippen LogP contribution in [0.2, 0.25) is 0 Å². The number of hydrogen-bond acceptors (Lipinski definition) is 5. The monoisotopic (exact) mass is 293 g/mol. The number of rotatable bonds is 3. The van der Waals surface area contributed by atoms with E-state index in [-0.39, 0.29) is 19.6 Å². The molecule has 2 atom stereocenters. The van der Waals surface area contributed by atoms with Crippen molar-refractivity contribution >= 4 is 12.1 Å². The number of esters is 1. The summed E-state index contributed by atoms with van der Waals surface area (Å²) in [7, 11) is 1.26. The van der Waals surface area contributed by atoms with Crippen LogP contribution in [0, 0.1) is 0 Å². The molecule has 1 aromatic carbocycles. The van der Waals surface area contributed by atoms with E-state index < -0.39 is 24.2 Å².